The summed E-state index contributed by atoms with van der Waals surface area (Å²) in [7, 11) is 0. The average molecular weight is 296 g/mol. The zero-order valence-corrected chi connectivity index (χ0v) is 10.1. The molecular weight excluding hydrogens is 286 g/mol. The van der Waals surface area contributed by atoms with E-state index in [9.17, 15) is 0 Å². The minimum atomic E-state index is 0.426. The van der Waals surface area contributed by atoms with Crippen molar-refractivity contribution in [3.63, 3.8) is 0 Å². The Balaban J connectivity index is 3.28. The molecule has 0 amide bonds. The highest BCUT2D eigenvalue weighted by Gasteiger charge is 2.14. The first-order chi connectivity index (χ1) is 5.52. The Labute approximate surface area is 88.4 Å². The Hall–Kier alpha value is -0.0900. The van der Waals surface area contributed by atoms with Crippen LogP contribution in [-0.2, 0) is 0 Å². The van der Waals surface area contributed by atoms with Crippen LogP contribution in [0, 0.1) is 0 Å². The first-order valence-electron chi connectivity index (χ1n) is 3.62. The first kappa shape index (κ1) is 9.99. The van der Waals surface area contributed by atoms with Gasteiger partial charge in [-0.3, -0.25) is 5.21 Å². The van der Waals surface area contributed by atoms with Crippen molar-refractivity contribution in [3.8, 4) is 0 Å². The predicted molar refractivity (Wildman–Crippen MR) is 53.3 cm³/mol. The molecule has 0 aliphatic rings. The normalized spacial score (nSPS) is 10.8. The van der Waals surface area contributed by atoms with Crippen LogP contribution in [0.1, 0.15) is 25.3 Å². The summed E-state index contributed by atoms with van der Waals surface area (Å²) in [6.45, 7) is 4.21. The molecule has 0 aliphatic carbocycles. The fourth-order valence-corrected chi connectivity index (χ4v) is 3.10. The van der Waals surface area contributed by atoms with Gasteiger partial charge in [-0.25, -0.2) is 0 Å². The van der Waals surface area contributed by atoms with Crippen molar-refractivity contribution >= 4 is 31.9 Å². The molecule has 4 heteroatoms. The number of hydrogen-bond acceptors (Lipinski definition) is 1. The van der Waals surface area contributed by atoms with E-state index in [1.165, 1.54) is 5.56 Å². The zero-order chi connectivity index (χ0) is 9.30. The summed E-state index contributed by atoms with van der Waals surface area (Å²) in [4.78, 5) is 0. The number of hydrogen-bond donors (Lipinski definition) is 1. The predicted octanol–water partition coefficient (Wildman–Crippen LogP) is 2.86. The van der Waals surface area contributed by atoms with Gasteiger partial charge < -0.3 is 0 Å². The molecule has 1 aromatic heterocycles. The molecule has 2 nitrogen and oxygen atoms in total. The Morgan fingerprint density at radius 1 is 1.25 bits per heavy atom. The monoisotopic (exact) mass is 294 g/mol. The fourth-order valence-electron chi connectivity index (χ4n) is 1.07. The minimum Gasteiger partial charge on any atom is -0.285 e. The first-order valence-corrected chi connectivity index (χ1v) is 5.20. The maximum absolute atomic E-state index is 9.16. The lowest BCUT2D eigenvalue weighted by Gasteiger charge is -2.07. The van der Waals surface area contributed by atoms with Crippen molar-refractivity contribution in [2.24, 2.45) is 0 Å². The highest BCUT2D eigenvalue weighted by Crippen LogP contribution is 2.29. The second-order valence-electron chi connectivity index (χ2n) is 2.90. The van der Waals surface area contributed by atoms with Crippen molar-refractivity contribution in [1.29, 1.82) is 0 Å². The van der Waals surface area contributed by atoms with Crippen molar-refractivity contribution in [2.75, 3.05) is 0 Å². The quantitative estimate of drug-likeness (QED) is 0.625. The molecule has 1 heterocycles. The van der Waals surface area contributed by atoms with Crippen LogP contribution in [0.4, 0.5) is 0 Å². The standard InChI is InChI=1S/C8H10Br2NO/c1-5(2)8-6(9)3-11(12)4-7(8)10/h3-5,12H,1-2H3/q+1. The van der Waals surface area contributed by atoms with E-state index in [-0.39, 0.29) is 0 Å². The molecule has 0 atom stereocenters. The van der Waals surface area contributed by atoms with E-state index in [1.807, 2.05) is 0 Å². The fraction of sp³-hybridized carbons (Fsp3) is 0.375. The Bertz CT molecular complexity index is 276. The van der Waals surface area contributed by atoms with E-state index >= 15 is 0 Å². The second kappa shape index (κ2) is 3.75. The molecule has 1 rings (SSSR count). The van der Waals surface area contributed by atoms with Gasteiger partial charge in [0, 0.05) is 4.73 Å². The summed E-state index contributed by atoms with van der Waals surface area (Å²) in [5.41, 5.74) is 1.17. The zero-order valence-electron chi connectivity index (χ0n) is 6.88. The summed E-state index contributed by atoms with van der Waals surface area (Å²) < 4.78 is 2.85. The lowest BCUT2D eigenvalue weighted by Crippen LogP contribution is -2.29. The van der Waals surface area contributed by atoms with Crippen LogP contribution < -0.4 is 4.73 Å². The lowest BCUT2D eigenvalue weighted by atomic mass is 10.1. The molecule has 0 bridgehead atoms. The molecule has 0 saturated heterocycles. The minimum absolute atomic E-state index is 0.426. The molecule has 0 unspecified atom stereocenters. The number of nitrogens with zero attached hydrogens (tertiary/aromatic N) is 1. The highest BCUT2D eigenvalue weighted by molar-refractivity contribution is 9.11. The molecule has 1 aromatic rings. The van der Waals surface area contributed by atoms with E-state index in [4.69, 9.17) is 5.21 Å². The maximum Gasteiger partial charge on any atom is 0.236 e. The Kier molecular flexibility index (Phi) is 3.12. The number of aromatic nitrogens is 1. The van der Waals surface area contributed by atoms with Crippen LogP contribution in [0.3, 0.4) is 0 Å². The lowest BCUT2D eigenvalue weighted by molar-refractivity contribution is -0.905. The van der Waals surface area contributed by atoms with Crippen molar-refractivity contribution < 1.29 is 9.94 Å². The van der Waals surface area contributed by atoms with Crippen molar-refractivity contribution in [2.45, 2.75) is 19.8 Å². The molecular formula is C8H10Br2NO+. The van der Waals surface area contributed by atoms with Crippen LogP contribution >= 0.6 is 31.9 Å². The van der Waals surface area contributed by atoms with Gasteiger partial charge in [0.25, 0.3) is 0 Å². The van der Waals surface area contributed by atoms with Crippen LogP contribution in [-0.4, -0.2) is 5.21 Å². The van der Waals surface area contributed by atoms with Crippen LogP contribution in [0.15, 0.2) is 21.3 Å². The van der Waals surface area contributed by atoms with Gasteiger partial charge >= 0.3 is 0 Å². The molecule has 12 heavy (non-hydrogen) atoms. The van der Waals surface area contributed by atoms with E-state index in [1.54, 1.807) is 12.4 Å². The van der Waals surface area contributed by atoms with Crippen molar-refractivity contribution in [1.82, 2.24) is 0 Å². The van der Waals surface area contributed by atoms with Gasteiger partial charge in [0.2, 0.25) is 12.4 Å². The van der Waals surface area contributed by atoms with Gasteiger partial charge in [-0.05, 0) is 43.3 Å². The van der Waals surface area contributed by atoms with E-state index in [0.29, 0.717) is 5.92 Å². The smallest absolute Gasteiger partial charge is 0.236 e. The third-order valence-electron chi connectivity index (χ3n) is 1.58. The van der Waals surface area contributed by atoms with Gasteiger partial charge in [0.1, 0.15) is 0 Å². The van der Waals surface area contributed by atoms with Crippen LogP contribution in [0.5, 0.6) is 0 Å². The molecule has 0 aliphatic heterocycles. The summed E-state index contributed by atoms with van der Waals surface area (Å²) in [5.74, 6) is 0.426. The van der Waals surface area contributed by atoms with Gasteiger partial charge in [-0.1, -0.05) is 13.8 Å². The SMILES string of the molecule is CC(C)c1c(Br)c[n+](O)cc1Br. The van der Waals surface area contributed by atoms with E-state index in [0.717, 1.165) is 13.7 Å². The van der Waals surface area contributed by atoms with Crippen molar-refractivity contribution in [3.05, 3.63) is 26.9 Å². The molecule has 0 radical (unpaired) electrons. The third-order valence-corrected chi connectivity index (χ3v) is 2.85. The Morgan fingerprint density at radius 3 is 2.00 bits per heavy atom. The molecule has 0 saturated carbocycles. The van der Waals surface area contributed by atoms with Gasteiger partial charge in [-0.2, -0.15) is 0 Å². The molecule has 0 aromatic carbocycles. The number of rotatable bonds is 1. The molecule has 66 valence electrons. The third kappa shape index (κ3) is 1.98. The average Bonchev–Trinajstić information content (AvgIpc) is 1.82. The van der Waals surface area contributed by atoms with E-state index < -0.39 is 0 Å². The topological polar surface area (TPSA) is 24.1 Å². The summed E-state index contributed by atoms with van der Waals surface area (Å²) in [6.07, 6.45) is 3.25. The van der Waals surface area contributed by atoms with Crippen LogP contribution in [0.25, 0.3) is 0 Å². The molecule has 0 fully saturated rings. The second-order valence-corrected chi connectivity index (χ2v) is 4.61. The maximum atomic E-state index is 9.16. The number of halogens is 2. The van der Waals surface area contributed by atoms with Gasteiger partial charge in [0.05, 0.1) is 8.95 Å². The highest BCUT2D eigenvalue weighted by atomic mass is 79.9. The Morgan fingerprint density at radius 2 is 1.67 bits per heavy atom. The summed E-state index contributed by atoms with van der Waals surface area (Å²) in [6, 6.07) is 0. The van der Waals surface area contributed by atoms with E-state index in [2.05, 4.69) is 45.7 Å². The largest absolute Gasteiger partial charge is 0.285 e. The molecule has 0 spiro atoms. The molecule has 1 N–H and O–H groups in total. The number of pyridine rings is 1. The van der Waals surface area contributed by atoms with Crippen LogP contribution in [0.2, 0.25) is 0 Å². The summed E-state index contributed by atoms with van der Waals surface area (Å²) >= 11 is 6.78. The van der Waals surface area contributed by atoms with Gasteiger partial charge in [0.15, 0.2) is 0 Å². The van der Waals surface area contributed by atoms with Gasteiger partial charge in [-0.15, -0.1) is 0 Å². The summed E-state index contributed by atoms with van der Waals surface area (Å²) in [5, 5.41) is 9.16.